The van der Waals surface area contributed by atoms with Crippen LogP contribution in [0.4, 0.5) is 0 Å². The highest BCUT2D eigenvalue weighted by molar-refractivity contribution is 5.98. The van der Waals surface area contributed by atoms with E-state index in [1.807, 2.05) is 86.8 Å². The van der Waals surface area contributed by atoms with Crippen LogP contribution in [0, 0.1) is 5.92 Å². The van der Waals surface area contributed by atoms with Gasteiger partial charge in [-0.25, -0.2) is 0 Å². The molecule has 400 valence electrons. The molecule has 1 aliphatic heterocycles. The summed E-state index contributed by atoms with van der Waals surface area (Å²) in [5.41, 5.74) is 14.1. The third-order valence-corrected chi connectivity index (χ3v) is 13.1. The molecule has 75 heavy (non-hydrogen) atoms. The fourth-order valence-corrected chi connectivity index (χ4v) is 9.28. The number of aromatic nitrogens is 1. The van der Waals surface area contributed by atoms with Crippen LogP contribution in [0.5, 0.6) is 5.75 Å². The van der Waals surface area contributed by atoms with E-state index in [9.17, 15) is 43.8 Å². The molecule has 20 nitrogen and oxygen atoms in total. The molecule has 5 aromatic rings. The highest BCUT2D eigenvalue weighted by Gasteiger charge is 2.39. The summed E-state index contributed by atoms with van der Waals surface area (Å²) in [5.74, 6) is -4.67. The van der Waals surface area contributed by atoms with E-state index in [-0.39, 0.29) is 62.2 Å². The van der Waals surface area contributed by atoms with E-state index in [4.69, 9.17) is 11.5 Å². The van der Waals surface area contributed by atoms with Gasteiger partial charge in [0.05, 0.1) is 6.61 Å². The molecule has 1 unspecified atom stereocenters. The number of amides is 7. The Hall–Kier alpha value is -8.00. The molecule has 6 atom stereocenters. The molecular weight excluding hydrogens is 959 g/mol. The monoisotopic (exact) mass is 1030 g/mol. The van der Waals surface area contributed by atoms with E-state index >= 15 is 0 Å². The molecular formula is C55H71N11O9. The summed E-state index contributed by atoms with van der Waals surface area (Å²) >= 11 is 0. The van der Waals surface area contributed by atoms with Gasteiger partial charge >= 0.3 is 0 Å². The lowest BCUT2D eigenvalue weighted by Gasteiger charge is -2.30. The van der Waals surface area contributed by atoms with Crippen LogP contribution in [-0.2, 0) is 52.8 Å². The number of fused-ring (bicyclic) bond motifs is 2. The number of nitrogens with one attached hydrogen (secondary N) is 7. The van der Waals surface area contributed by atoms with Gasteiger partial charge in [0.2, 0.25) is 41.4 Å². The second-order valence-corrected chi connectivity index (χ2v) is 19.3. The number of aryl methyl sites for hydroxylation is 1. The smallest absolute Gasteiger partial charge is 0.245 e. The summed E-state index contributed by atoms with van der Waals surface area (Å²) in [4.78, 5) is 107. The molecule has 1 aliphatic rings. The predicted molar refractivity (Wildman–Crippen MR) is 286 cm³/mol. The molecule has 1 aromatic heterocycles. The summed E-state index contributed by atoms with van der Waals surface area (Å²) in [6.45, 7) is 5.57. The molecule has 0 radical (unpaired) electrons. The van der Waals surface area contributed by atoms with Gasteiger partial charge in [-0.15, -0.1) is 0 Å². The molecule has 1 saturated heterocycles. The third kappa shape index (κ3) is 16.2. The quantitative estimate of drug-likeness (QED) is 0.0217. The zero-order valence-electron chi connectivity index (χ0n) is 42.8. The van der Waals surface area contributed by atoms with Crippen LogP contribution < -0.4 is 43.4 Å². The Bertz CT molecular complexity index is 2810. The van der Waals surface area contributed by atoms with Crippen LogP contribution in [0.3, 0.4) is 0 Å². The average Bonchev–Trinajstić information content (AvgIpc) is 4.06. The van der Waals surface area contributed by atoms with E-state index in [0.29, 0.717) is 49.9 Å². The maximum atomic E-state index is 14.8. The number of phenolic OH excluding ortho intramolecular Hbond substituents is 1. The molecule has 0 saturated carbocycles. The Morgan fingerprint density at radius 2 is 1.36 bits per heavy atom. The van der Waals surface area contributed by atoms with E-state index < -0.39 is 78.3 Å². The van der Waals surface area contributed by atoms with Gasteiger partial charge in [-0.2, -0.15) is 0 Å². The van der Waals surface area contributed by atoms with Crippen molar-refractivity contribution in [1.82, 2.24) is 41.8 Å². The summed E-state index contributed by atoms with van der Waals surface area (Å²) in [5, 5.41) is 39.8. The normalized spacial score (nSPS) is 15.3. The van der Waals surface area contributed by atoms with Crippen molar-refractivity contribution in [2.75, 3.05) is 26.2 Å². The number of aromatic amines is 1. The van der Waals surface area contributed by atoms with Crippen molar-refractivity contribution in [3.8, 4) is 5.75 Å². The number of guanidine groups is 1. The van der Waals surface area contributed by atoms with Gasteiger partial charge in [0.15, 0.2) is 5.96 Å². The van der Waals surface area contributed by atoms with E-state index in [1.165, 1.54) is 17.0 Å². The lowest BCUT2D eigenvalue weighted by molar-refractivity contribution is -0.142. The predicted octanol–water partition coefficient (Wildman–Crippen LogP) is 2.09. The molecule has 0 aliphatic carbocycles. The number of nitrogens with zero attached hydrogens (tertiary/aromatic N) is 2. The number of phenols is 1. The number of rotatable bonds is 26. The Balaban J connectivity index is 1.24. The van der Waals surface area contributed by atoms with E-state index in [0.717, 1.165) is 27.2 Å². The van der Waals surface area contributed by atoms with Crippen LogP contribution in [0.2, 0.25) is 0 Å². The highest BCUT2D eigenvalue weighted by Crippen LogP contribution is 2.22. The zero-order valence-corrected chi connectivity index (χ0v) is 42.8. The number of carbonyl (C=O) groups is 7. The first-order valence-corrected chi connectivity index (χ1v) is 25.6. The SMILES string of the molecule is CCNC(=O)C1CCCN1C(=O)[C@H](CCCN=C(N)N)NC(=O)[C@H](CC(C)C)NC(=O)[C@@H](Cc1ccc2ccccc2c1)NC(=O)[C@H](Cc1ccc(O)cc1)NC(=O)[C@H](CO)NC(=O)CCc1c[nH]c2ccccc12. The number of hydrogen-bond acceptors (Lipinski definition) is 10. The average molecular weight is 1030 g/mol. The van der Waals surface area contributed by atoms with Gasteiger partial charge in [0, 0.05) is 56.0 Å². The summed E-state index contributed by atoms with van der Waals surface area (Å²) in [6, 6.07) is 19.6. The van der Waals surface area contributed by atoms with E-state index in [1.54, 1.807) is 19.1 Å². The number of aliphatic imine (C=N–C) groups is 1. The largest absolute Gasteiger partial charge is 0.508 e. The minimum absolute atomic E-state index is 0.00247. The number of aromatic hydroxyl groups is 1. The molecule has 0 bridgehead atoms. The van der Waals surface area contributed by atoms with Crippen molar-refractivity contribution < 1.29 is 43.8 Å². The van der Waals surface area contributed by atoms with Crippen molar-refractivity contribution >= 4 is 69.0 Å². The molecule has 0 spiro atoms. The molecule has 20 heteroatoms. The Kier molecular flexibility index (Phi) is 20.5. The number of benzene rings is 4. The number of para-hydroxylation sites is 1. The highest BCUT2D eigenvalue weighted by atomic mass is 16.3. The Morgan fingerprint density at radius 1 is 0.747 bits per heavy atom. The van der Waals surface area contributed by atoms with Gasteiger partial charge in [-0.3, -0.25) is 38.6 Å². The summed E-state index contributed by atoms with van der Waals surface area (Å²) < 4.78 is 0. The number of likely N-dealkylation sites (N-methyl/N-ethyl adjacent to an activating group) is 1. The molecule has 2 heterocycles. The summed E-state index contributed by atoms with van der Waals surface area (Å²) in [7, 11) is 0. The van der Waals surface area contributed by atoms with Crippen molar-refractivity contribution in [1.29, 1.82) is 0 Å². The first kappa shape index (κ1) is 56.3. The lowest BCUT2D eigenvalue weighted by atomic mass is 9.98. The van der Waals surface area contributed by atoms with Gasteiger partial charge in [0.1, 0.15) is 42.0 Å². The van der Waals surface area contributed by atoms with E-state index in [2.05, 4.69) is 41.9 Å². The minimum atomic E-state index is -1.45. The molecule has 13 N–H and O–H groups in total. The number of nitrogens with two attached hydrogens (primary N) is 2. The molecule has 1 fully saturated rings. The maximum absolute atomic E-state index is 14.8. The van der Waals surface area contributed by atoms with Crippen molar-refractivity contribution in [2.24, 2.45) is 22.4 Å². The fraction of sp³-hybridized carbons (Fsp3) is 0.418. The number of H-pyrrole nitrogens is 1. The number of aliphatic hydroxyl groups is 1. The maximum Gasteiger partial charge on any atom is 0.245 e. The standard InChI is InChI=1S/C55H71N11O9/c1-4-58-53(74)47-16-10-26-66(47)54(75)42(15-9-25-59-55(56)57)62-49(70)43(27-33(2)3)63-51(72)45(30-35-17-20-36-11-5-6-12-37(36)28-35)64-50(71)44(29-34-18-22-39(68)23-19-34)65-52(73)46(32-67)61-48(69)24-21-38-31-60-41-14-8-7-13-40(38)41/h5-8,11-14,17-20,22-23,28,31,33,42-47,60,67-68H,4,9-10,15-16,21,24-27,29-30,32H2,1-3H3,(H,58,74)(H,61,69)(H,62,70)(H,63,72)(H,64,71)(H,65,73)(H4,56,57,59)/t42-,43-,44-,45+,46-,47?/m0/s1. The van der Waals surface area contributed by atoms with Crippen LogP contribution in [0.15, 0.2) is 102 Å². The first-order chi connectivity index (χ1) is 36.0. The summed E-state index contributed by atoms with van der Waals surface area (Å²) in [6.07, 6.45) is 3.54. The number of hydrogen-bond donors (Lipinski definition) is 11. The second kappa shape index (κ2) is 27.3. The first-order valence-electron chi connectivity index (χ1n) is 25.6. The Labute approximate surface area is 436 Å². The molecule has 6 rings (SSSR count). The lowest BCUT2D eigenvalue weighted by Crippen LogP contribution is -2.60. The Morgan fingerprint density at radius 3 is 2.04 bits per heavy atom. The van der Waals surface area contributed by atoms with Gasteiger partial charge in [-0.1, -0.05) is 86.6 Å². The van der Waals surface area contributed by atoms with Crippen LogP contribution >= 0.6 is 0 Å². The fourth-order valence-electron chi connectivity index (χ4n) is 9.28. The zero-order chi connectivity index (χ0) is 54.0. The number of carbonyl (C=O) groups excluding carboxylic acids is 7. The number of likely N-dealkylation sites (tertiary alicyclic amines) is 1. The van der Waals surface area contributed by atoms with Gasteiger partial charge < -0.3 is 63.5 Å². The van der Waals surface area contributed by atoms with Crippen molar-refractivity contribution in [3.63, 3.8) is 0 Å². The van der Waals surface area contributed by atoms with Crippen LogP contribution in [0.1, 0.15) is 76.0 Å². The molecule has 7 amide bonds. The van der Waals surface area contributed by atoms with Crippen molar-refractivity contribution in [2.45, 2.75) is 115 Å². The minimum Gasteiger partial charge on any atom is -0.508 e. The third-order valence-electron chi connectivity index (χ3n) is 13.1. The molecule has 4 aromatic carbocycles. The van der Waals surface area contributed by atoms with Gasteiger partial charge in [0.25, 0.3) is 0 Å². The van der Waals surface area contributed by atoms with Crippen LogP contribution in [0.25, 0.3) is 21.7 Å². The second-order valence-electron chi connectivity index (χ2n) is 19.3. The van der Waals surface area contributed by atoms with Gasteiger partial charge in [-0.05, 0) is 97.0 Å². The number of aliphatic hydroxyl groups excluding tert-OH is 1. The topological polar surface area (TPSA) is 316 Å². The van der Waals surface area contributed by atoms with Crippen LogP contribution in [-0.4, -0.2) is 130 Å². The van der Waals surface area contributed by atoms with Crippen molar-refractivity contribution in [3.05, 3.63) is 114 Å².